The molecule has 0 aliphatic carbocycles. The van der Waals surface area contributed by atoms with Gasteiger partial charge in [0.05, 0.1) is 16.3 Å². The van der Waals surface area contributed by atoms with E-state index in [0.717, 1.165) is 41.1 Å². The van der Waals surface area contributed by atoms with Crippen molar-refractivity contribution >= 4 is 52.0 Å². The van der Waals surface area contributed by atoms with E-state index in [-0.39, 0.29) is 5.91 Å². The highest BCUT2D eigenvalue weighted by Crippen LogP contribution is 2.36. The third-order valence-corrected chi connectivity index (χ3v) is 8.62. The average Bonchev–Trinajstić information content (AvgIpc) is 3.44. The summed E-state index contributed by atoms with van der Waals surface area (Å²) in [6.45, 7) is 7.26. The minimum Gasteiger partial charge on any atom is -0.293 e. The molecule has 1 aliphatic heterocycles. The summed E-state index contributed by atoms with van der Waals surface area (Å²) in [5.41, 5.74) is 3.77. The van der Waals surface area contributed by atoms with Crippen LogP contribution in [0.15, 0.2) is 70.6 Å². The van der Waals surface area contributed by atoms with Crippen molar-refractivity contribution in [2.75, 3.05) is 12.3 Å². The topological polar surface area (TPSA) is 38.1 Å². The van der Waals surface area contributed by atoms with E-state index in [9.17, 15) is 4.79 Å². The molecule has 1 aliphatic rings. The zero-order valence-corrected chi connectivity index (χ0v) is 23.6. The van der Waals surface area contributed by atoms with Crippen LogP contribution in [0.4, 0.5) is 0 Å². The van der Waals surface area contributed by atoms with Gasteiger partial charge in [0.15, 0.2) is 0 Å². The fourth-order valence-electron chi connectivity index (χ4n) is 4.28. The number of hydrogen-bond acceptors (Lipinski definition) is 5. The number of para-hydroxylation sites is 1. The number of hydrogen-bond donors (Lipinski definition) is 0. The quantitative estimate of drug-likeness (QED) is 0.141. The summed E-state index contributed by atoms with van der Waals surface area (Å²) in [4.78, 5) is 17.1. The molecule has 4 rings (SSSR count). The van der Waals surface area contributed by atoms with Crippen LogP contribution in [-0.2, 0) is 4.79 Å². The molecule has 1 fully saturated rings. The van der Waals surface area contributed by atoms with Gasteiger partial charge in [0.1, 0.15) is 4.32 Å². The highest BCUT2D eigenvalue weighted by atomic mass is 32.2. The van der Waals surface area contributed by atoms with E-state index in [1.165, 1.54) is 29.5 Å². The molecule has 7 heteroatoms. The minimum atomic E-state index is 0.00746. The summed E-state index contributed by atoms with van der Waals surface area (Å²) < 4.78 is 2.54. The molecule has 1 unspecified atom stereocenters. The van der Waals surface area contributed by atoms with Crippen LogP contribution in [0.25, 0.3) is 23.0 Å². The smallest absolute Gasteiger partial charge is 0.266 e. The summed E-state index contributed by atoms with van der Waals surface area (Å²) >= 11 is 8.86. The third kappa shape index (κ3) is 6.31. The fourth-order valence-corrected chi connectivity index (χ4v) is 6.21. The number of benzene rings is 2. The number of aromatic nitrogens is 2. The third-order valence-electron chi connectivity index (χ3n) is 6.35. The van der Waals surface area contributed by atoms with Gasteiger partial charge in [0, 0.05) is 28.8 Å². The minimum absolute atomic E-state index is 0.00746. The molecule has 0 N–H and O–H groups in total. The van der Waals surface area contributed by atoms with Gasteiger partial charge in [-0.2, -0.15) is 5.10 Å². The Hall–Kier alpha value is -2.35. The maximum Gasteiger partial charge on any atom is 0.266 e. The van der Waals surface area contributed by atoms with Crippen molar-refractivity contribution in [3.8, 4) is 16.9 Å². The van der Waals surface area contributed by atoms with Crippen molar-refractivity contribution in [3.05, 3.63) is 71.3 Å². The number of thiocarbonyl (C=S) groups is 1. The normalized spacial score (nSPS) is 15.8. The standard InChI is InChI=1S/C29H33N3OS3/c1-4-7-11-21(5-2)19-31-28(33)26(36-29(31)34)18-23-20-32(24-12-9-8-10-13-24)30-27(23)22-14-16-25(17-15-22)35-6-3/h8-10,12-18,20-21H,4-7,11,19H2,1-3H3/b26-18-. The Morgan fingerprint density at radius 3 is 2.50 bits per heavy atom. The van der Waals surface area contributed by atoms with Crippen molar-refractivity contribution in [2.24, 2.45) is 5.92 Å². The monoisotopic (exact) mass is 535 g/mol. The Morgan fingerprint density at radius 2 is 1.83 bits per heavy atom. The Balaban J connectivity index is 1.67. The predicted octanol–water partition coefficient (Wildman–Crippen LogP) is 8.07. The van der Waals surface area contributed by atoms with Crippen LogP contribution in [0.3, 0.4) is 0 Å². The highest BCUT2D eigenvalue weighted by molar-refractivity contribution is 8.26. The molecule has 1 aromatic heterocycles. The Kier molecular flexibility index (Phi) is 9.46. The molecular weight excluding hydrogens is 503 g/mol. The second kappa shape index (κ2) is 12.7. The number of thioether (sulfide) groups is 2. The van der Waals surface area contributed by atoms with E-state index in [0.29, 0.717) is 21.7 Å². The van der Waals surface area contributed by atoms with Gasteiger partial charge in [0.25, 0.3) is 5.91 Å². The summed E-state index contributed by atoms with van der Waals surface area (Å²) in [5, 5.41) is 4.93. The average molecular weight is 536 g/mol. The molecule has 1 saturated heterocycles. The summed E-state index contributed by atoms with van der Waals surface area (Å²) in [6, 6.07) is 18.5. The van der Waals surface area contributed by atoms with Crippen molar-refractivity contribution in [1.82, 2.24) is 14.7 Å². The molecule has 1 amide bonds. The molecule has 3 aromatic rings. The molecule has 2 aromatic carbocycles. The number of unbranched alkanes of at least 4 members (excludes halogenated alkanes) is 1. The number of amides is 1. The lowest BCUT2D eigenvalue weighted by Crippen LogP contribution is -2.33. The van der Waals surface area contributed by atoms with Gasteiger partial charge in [0.2, 0.25) is 0 Å². The van der Waals surface area contributed by atoms with Crippen molar-refractivity contribution in [3.63, 3.8) is 0 Å². The molecule has 188 valence electrons. The number of nitrogens with zero attached hydrogens (tertiary/aromatic N) is 3. The maximum absolute atomic E-state index is 13.4. The van der Waals surface area contributed by atoms with Crippen molar-refractivity contribution in [1.29, 1.82) is 0 Å². The zero-order chi connectivity index (χ0) is 25.5. The largest absolute Gasteiger partial charge is 0.293 e. The molecular formula is C29H33N3OS3. The van der Waals surface area contributed by atoms with Crippen LogP contribution in [0.5, 0.6) is 0 Å². The molecule has 36 heavy (non-hydrogen) atoms. The van der Waals surface area contributed by atoms with Gasteiger partial charge in [-0.15, -0.1) is 11.8 Å². The molecule has 0 bridgehead atoms. The van der Waals surface area contributed by atoms with Crippen molar-refractivity contribution < 1.29 is 4.79 Å². The Bertz CT molecular complexity index is 1220. The molecule has 4 nitrogen and oxygen atoms in total. The molecule has 0 spiro atoms. The van der Waals surface area contributed by atoms with E-state index in [1.54, 1.807) is 4.90 Å². The summed E-state index contributed by atoms with van der Waals surface area (Å²) in [7, 11) is 0. The first-order valence-corrected chi connectivity index (χ1v) is 14.9. The van der Waals surface area contributed by atoms with Gasteiger partial charge in [-0.05, 0) is 48.4 Å². The van der Waals surface area contributed by atoms with Gasteiger partial charge >= 0.3 is 0 Å². The second-order valence-corrected chi connectivity index (χ2v) is 11.9. The van der Waals surface area contributed by atoms with Crippen LogP contribution >= 0.6 is 35.7 Å². The van der Waals surface area contributed by atoms with Gasteiger partial charge in [-0.25, -0.2) is 4.68 Å². The van der Waals surface area contributed by atoms with Gasteiger partial charge < -0.3 is 0 Å². The molecule has 0 saturated carbocycles. The SMILES string of the molecule is CCCCC(CC)CN1C(=O)/C(=C/c2cn(-c3ccccc3)nc2-c2ccc(SCC)cc2)SC1=S. The summed E-state index contributed by atoms with van der Waals surface area (Å²) in [5.74, 6) is 1.52. The molecule has 2 heterocycles. The number of rotatable bonds is 11. The lowest BCUT2D eigenvalue weighted by Gasteiger charge is -2.21. The number of carbonyl (C=O) groups is 1. The zero-order valence-electron chi connectivity index (χ0n) is 21.1. The van der Waals surface area contributed by atoms with Crippen LogP contribution < -0.4 is 0 Å². The first-order valence-electron chi connectivity index (χ1n) is 12.7. The Labute approximate surface area is 228 Å². The number of carbonyl (C=O) groups excluding carboxylic acids is 1. The van der Waals surface area contributed by atoms with E-state index >= 15 is 0 Å². The van der Waals surface area contributed by atoms with Crippen LogP contribution in [0.1, 0.15) is 52.0 Å². The van der Waals surface area contributed by atoms with Crippen molar-refractivity contribution in [2.45, 2.75) is 51.3 Å². The highest BCUT2D eigenvalue weighted by Gasteiger charge is 2.33. The first-order chi connectivity index (χ1) is 17.5. The predicted molar refractivity (Wildman–Crippen MR) is 159 cm³/mol. The first kappa shape index (κ1) is 26.7. The van der Waals surface area contributed by atoms with Crippen LogP contribution in [0, 0.1) is 5.92 Å². The van der Waals surface area contributed by atoms with E-state index in [4.69, 9.17) is 17.3 Å². The molecule has 0 radical (unpaired) electrons. The van der Waals surface area contributed by atoms with E-state index in [1.807, 2.05) is 59.0 Å². The summed E-state index contributed by atoms with van der Waals surface area (Å²) in [6.07, 6.45) is 8.49. The fraction of sp³-hybridized carbons (Fsp3) is 0.345. The lowest BCUT2D eigenvalue weighted by molar-refractivity contribution is -0.122. The Morgan fingerprint density at radius 1 is 1.08 bits per heavy atom. The van der Waals surface area contributed by atoms with Gasteiger partial charge in [-0.3, -0.25) is 9.69 Å². The maximum atomic E-state index is 13.4. The van der Waals surface area contributed by atoms with E-state index in [2.05, 4.69) is 45.0 Å². The van der Waals surface area contributed by atoms with Crippen LogP contribution in [0.2, 0.25) is 0 Å². The van der Waals surface area contributed by atoms with Crippen LogP contribution in [-0.4, -0.2) is 37.2 Å². The molecule has 1 atom stereocenters. The second-order valence-electron chi connectivity index (χ2n) is 8.88. The lowest BCUT2D eigenvalue weighted by atomic mass is 9.99. The van der Waals surface area contributed by atoms with Gasteiger partial charge in [-0.1, -0.05) is 94.3 Å². The van der Waals surface area contributed by atoms with E-state index < -0.39 is 0 Å².